The van der Waals surface area contributed by atoms with Crippen molar-refractivity contribution in [1.82, 2.24) is 0 Å². The van der Waals surface area contributed by atoms with Crippen LogP contribution in [0, 0.1) is 0 Å². The molecule has 0 saturated carbocycles. The van der Waals surface area contributed by atoms with Crippen LogP contribution in [0.4, 0.5) is 9.18 Å². The average molecular weight is 257 g/mol. The summed E-state index contributed by atoms with van der Waals surface area (Å²) in [5.41, 5.74) is 0. The van der Waals surface area contributed by atoms with Gasteiger partial charge in [-0.1, -0.05) is 15.9 Å². The molecule has 0 unspecified atom stereocenters. The number of ether oxygens (including phenoxy) is 2. The van der Waals surface area contributed by atoms with E-state index in [2.05, 4.69) is 25.4 Å². The number of carbonyl (C=O) groups is 2. The van der Waals surface area contributed by atoms with Crippen LogP contribution in [0.2, 0.25) is 0 Å². The van der Waals surface area contributed by atoms with Crippen molar-refractivity contribution in [3.8, 4) is 0 Å². The third-order valence-electron chi connectivity index (χ3n) is 1.02. The Morgan fingerprint density at radius 2 is 1.77 bits per heavy atom. The molecule has 0 fully saturated rings. The Labute approximate surface area is 83.5 Å². The van der Waals surface area contributed by atoms with Crippen molar-refractivity contribution in [2.75, 3.05) is 13.2 Å². The normalized spacial score (nSPS) is 10.8. The van der Waals surface area contributed by atoms with Crippen LogP contribution in [0.15, 0.2) is 0 Å². The first-order valence-electron chi connectivity index (χ1n) is 3.52. The summed E-state index contributed by atoms with van der Waals surface area (Å²) in [6.45, 7) is 2.79. The first-order chi connectivity index (χ1) is 5.84. The van der Waals surface area contributed by atoms with E-state index in [4.69, 9.17) is 0 Å². The molecule has 0 aliphatic heterocycles. The van der Waals surface area contributed by atoms with E-state index in [0.29, 0.717) is 0 Å². The van der Waals surface area contributed by atoms with Crippen LogP contribution < -0.4 is 0 Å². The maximum absolute atomic E-state index is 11.4. The van der Waals surface area contributed by atoms with Gasteiger partial charge in [-0.05, 0) is 13.8 Å². The third-order valence-corrected chi connectivity index (χ3v) is 1.34. The molecule has 13 heavy (non-hydrogen) atoms. The predicted molar refractivity (Wildman–Crippen MR) is 46.4 cm³/mol. The van der Waals surface area contributed by atoms with Gasteiger partial charge in [0.15, 0.2) is 0 Å². The van der Waals surface area contributed by atoms with Gasteiger partial charge in [0, 0.05) is 0 Å². The molecule has 0 heterocycles. The van der Waals surface area contributed by atoms with Crippen molar-refractivity contribution in [3.63, 3.8) is 0 Å². The Kier molecular flexibility index (Phi) is 4.90. The van der Waals surface area contributed by atoms with Crippen molar-refractivity contribution in [2.45, 2.75) is 18.2 Å². The van der Waals surface area contributed by atoms with Gasteiger partial charge in [-0.15, -0.1) is 4.39 Å². The highest BCUT2D eigenvalue weighted by atomic mass is 79.9. The molecular formula is C7H10BrFO4. The van der Waals surface area contributed by atoms with Gasteiger partial charge in [0.1, 0.15) is 17.5 Å². The molecule has 0 aromatic heterocycles. The van der Waals surface area contributed by atoms with Crippen LogP contribution in [0.3, 0.4) is 0 Å². The second-order valence-corrected chi connectivity index (χ2v) is 4.68. The van der Waals surface area contributed by atoms with E-state index in [-0.39, 0.29) is 13.2 Å². The quantitative estimate of drug-likeness (QED) is 0.333. The molecule has 0 aliphatic carbocycles. The van der Waals surface area contributed by atoms with Crippen LogP contribution in [-0.4, -0.2) is 29.7 Å². The molecule has 0 aromatic rings. The lowest BCUT2D eigenvalue weighted by atomic mass is 10.2. The molecule has 0 aliphatic rings. The first kappa shape index (κ1) is 12.3. The van der Waals surface area contributed by atoms with Crippen molar-refractivity contribution < 1.29 is 23.5 Å². The number of hydrogen-bond donors (Lipinski definition) is 0. The molecule has 6 heteroatoms. The summed E-state index contributed by atoms with van der Waals surface area (Å²) in [5.74, 6) is -0.498. The maximum atomic E-state index is 11.4. The zero-order chi connectivity index (χ0) is 10.5. The standard InChI is InChI=1S/C7H10BrFO4/c1-7(2,8)5(10)12-3-4-13-6(9)11/h3-4H2,1-2H3. The summed E-state index contributed by atoms with van der Waals surface area (Å²) < 4.78 is 19.2. The fraction of sp³-hybridized carbons (Fsp3) is 0.714. The predicted octanol–water partition coefficient (Wildman–Crippen LogP) is 1.81. The SMILES string of the molecule is CC(C)(Br)C(=O)OCCOC(=O)F. The highest BCUT2D eigenvalue weighted by Gasteiger charge is 2.25. The molecule has 0 aromatic carbocycles. The zero-order valence-corrected chi connectivity index (χ0v) is 8.89. The van der Waals surface area contributed by atoms with Crippen molar-refractivity contribution in [2.24, 2.45) is 0 Å². The lowest BCUT2D eigenvalue weighted by Gasteiger charge is -2.14. The van der Waals surface area contributed by atoms with Gasteiger partial charge in [-0.2, -0.15) is 0 Å². The highest BCUT2D eigenvalue weighted by Crippen LogP contribution is 2.17. The van der Waals surface area contributed by atoms with Gasteiger partial charge in [-0.25, -0.2) is 4.79 Å². The van der Waals surface area contributed by atoms with Crippen molar-refractivity contribution in [3.05, 3.63) is 0 Å². The Morgan fingerprint density at radius 3 is 2.15 bits per heavy atom. The minimum atomic E-state index is -1.88. The second kappa shape index (κ2) is 5.16. The van der Waals surface area contributed by atoms with Crippen LogP contribution in [-0.2, 0) is 14.3 Å². The van der Waals surface area contributed by atoms with Gasteiger partial charge >= 0.3 is 12.2 Å². The van der Waals surface area contributed by atoms with Crippen LogP contribution in [0.25, 0.3) is 0 Å². The molecule has 0 atom stereocenters. The van der Waals surface area contributed by atoms with Gasteiger partial charge in [0.2, 0.25) is 0 Å². The Bertz CT molecular complexity index is 199. The molecule has 76 valence electrons. The minimum absolute atomic E-state index is 0.149. The molecule has 0 rings (SSSR count). The summed E-state index contributed by atoms with van der Waals surface area (Å²) in [6, 6.07) is 0. The summed E-state index contributed by atoms with van der Waals surface area (Å²) in [4.78, 5) is 20.7. The maximum Gasteiger partial charge on any atom is 0.495 e. The lowest BCUT2D eigenvalue weighted by Crippen LogP contribution is -2.27. The molecule has 4 nitrogen and oxygen atoms in total. The van der Waals surface area contributed by atoms with E-state index >= 15 is 0 Å². The fourth-order valence-corrected chi connectivity index (χ4v) is 0.542. The Balaban J connectivity index is 3.55. The summed E-state index contributed by atoms with van der Waals surface area (Å²) in [7, 11) is 0. The molecule has 0 spiro atoms. The van der Waals surface area contributed by atoms with Crippen LogP contribution >= 0.6 is 15.9 Å². The number of carbonyl (C=O) groups excluding carboxylic acids is 2. The van der Waals surface area contributed by atoms with E-state index in [1.807, 2.05) is 0 Å². The number of rotatable bonds is 4. The van der Waals surface area contributed by atoms with Crippen molar-refractivity contribution in [1.29, 1.82) is 0 Å². The minimum Gasteiger partial charge on any atom is -0.461 e. The number of esters is 1. The second-order valence-electron chi connectivity index (χ2n) is 2.69. The Morgan fingerprint density at radius 1 is 1.31 bits per heavy atom. The largest absolute Gasteiger partial charge is 0.495 e. The number of hydrogen-bond acceptors (Lipinski definition) is 4. The topological polar surface area (TPSA) is 52.6 Å². The fourth-order valence-electron chi connectivity index (χ4n) is 0.428. The summed E-state index contributed by atoms with van der Waals surface area (Å²) in [6.07, 6.45) is -1.88. The summed E-state index contributed by atoms with van der Waals surface area (Å²) >= 11 is 3.07. The first-order valence-corrected chi connectivity index (χ1v) is 4.31. The monoisotopic (exact) mass is 256 g/mol. The van der Waals surface area contributed by atoms with E-state index in [1.54, 1.807) is 13.8 Å². The van der Waals surface area contributed by atoms with E-state index < -0.39 is 16.5 Å². The number of halogens is 2. The van der Waals surface area contributed by atoms with Crippen LogP contribution in [0.1, 0.15) is 13.8 Å². The van der Waals surface area contributed by atoms with E-state index in [1.165, 1.54) is 0 Å². The molecule has 0 amide bonds. The lowest BCUT2D eigenvalue weighted by molar-refractivity contribution is -0.146. The molecular weight excluding hydrogens is 247 g/mol. The molecule has 0 radical (unpaired) electrons. The smallest absolute Gasteiger partial charge is 0.461 e. The number of alkyl halides is 1. The van der Waals surface area contributed by atoms with Crippen LogP contribution in [0.5, 0.6) is 0 Å². The van der Waals surface area contributed by atoms with E-state index in [9.17, 15) is 14.0 Å². The van der Waals surface area contributed by atoms with Gasteiger partial charge in [0.25, 0.3) is 0 Å². The third kappa shape index (κ3) is 6.51. The molecule has 0 saturated heterocycles. The van der Waals surface area contributed by atoms with Gasteiger partial charge in [-0.3, -0.25) is 4.79 Å². The molecule has 0 bridgehead atoms. The van der Waals surface area contributed by atoms with Gasteiger partial charge in [0.05, 0.1) is 0 Å². The van der Waals surface area contributed by atoms with Gasteiger partial charge < -0.3 is 9.47 Å². The molecule has 0 N–H and O–H groups in total. The summed E-state index contributed by atoms with van der Waals surface area (Å²) in [5, 5.41) is 0. The average Bonchev–Trinajstić information content (AvgIpc) is 1.95. The van der Waals surface area contributed by atoms with E-state index in [0.717, 1.165) is 0 Å². The zero-order valence-electron chi connectivity index (χ0n) is 7.30. The Hall–Kier alpha value is -0.650. The van der Waals surface area contributed by atoms with Crippen molar-refractivity contribution >= 4 is 28.1 Å². The highest BCUT2D eigenvalue weighted by molar-refractivity contribution is 9.10.